The lowest BCUT2D eigenvalue weighted by atomic mass is 9.90. The first-order valence-corrected chi connectivity index (χ1v) is 12.0. The molecule has 33 heavy (non-hydrogen) atoms. The van der Waals surface area contributed by atoms with E-state index in [-0.39, 0.29) is 0 Å². The third kappa shape index (κ3) is 5.90. The van der Waals surface area contributed by atoms with Crippen molar-refractivity contribution in [1.82, 2.24) is 4.98 Å². The van der Waals surface area contributed by atoms with Crippen LogP contribution in [-0.2, 0) is 6.42 Å². The first-order chi connectivity index (χ1) is 16.0. The van der Waals surface area contributed by atoms with Gasteiger partial charge in [0.2, 0.25) is 0 Å². The number of nitrogens with zero attached hydrogens (tertiary/aromatic N) is 1. The number of aromatic nitrogens is 1. The lowest BCUT2D eigenvalue weighted by Crippen LogP contribution is -2.03. The Morgan fingerprint density at radius 1 is 0.939 bits per heavy atom. The number of aliphatic hydroxyl groups is 1. The lowest BCUT2D eigenvalue weighted by molar-refractivity contribution is 0.167. The average molecular weight is 456 g/mol. The normalized spacial score (nSPS) is 13.5. The van der Waals surface area contributed by atoms with Gasteiger partial charge >= 0.3 is 0 Å². The molecule has 3 aromatic carbocycles. The van der Waals surface area contributed by atoms with Crippen LogP contribution in [0, 0.1) is 0 Å². The molecule has 0 aliphatic rings. The molecule has 4 aromatic rings. The molecule has 0 saturated heterocycles. The van der Waals surface area contributed by atoms with Crippen molar-refractivity contribution in [3.63, 3.8) is 0 Å². The van der Waals surface area contributed by atoms with Gasteiger partial charge in [-0.05, 0) is 77.8 Å². The predicted molar refractivity (Wildman–Crippen MR) is 141 cm³/mol. The van der Waals surface area contributed by atoms with Crippen molar-refractivity contribution in [3.05, 3.63) is 112 Å². The summed E-state index contributed by atoms with van der Waals surface area (Å²) in [4.78, 5) is 4.68. The number of benzene rings is 3. The fourth-order valence-electron chi connectivity index (χ4n) is 4.17. The number of hydrogen-bond donors (Lipinski definition) is 1. The summed E-state index contributed by atoms with van der Waals surface area (Å²) in [5.74, 6) is 0.534. The van der Waals surface area contributed by atoms with Gasteiger partial charge in [0.05, 0.1) is 17.3 Å². The summed E-state index contributed by atoms with van der Waals surface area (Å²) in [7, 11) is 0. The van der Waals surface area contributed by atoms with Crippen LogP contribution in [0.2, 0.25) is 5.02 Å². The molecule has 0 fully saturated rings. The Bertz CT molecular complexity index is 1260. The van der Waals surface area contributed by atoms with E-state index in [1.54, 1.807) is 0 Å². The highest BCUT2D eigenvalue weighted by Gasteiger charge is 2.12. The monoisotopic (exact) mass is 455 g/mol. The van der Waals surface area contributed by atoms with Crippen LogP contribution in [0.15, 0.2) is 78.9 Å². The van der Waals surface area contributed by atoms with E-state index >= 15 is 0 Å². The summed E-state index contributed by atoms with van der Waals surface area (Å²) in [6.45, 7) is 4.49. The number of rotatable bonds is 8. The van der Waals surface area contributed by atoms with E-state index in [0.29, 0.717) is 17.4 Å². The van der Waals surface area contributed by atoms with E-state index in [1.165, 1.54) is 11.1 Å². The Balaban J connectivity index is 1.45. The van der Waals surface area contributed by atoms with E-state index in [0.717, 1.165) is 40.6 Å². The van der Waals surface area contributed by atoms with Gasteiger partial charge in [-0.3, -0.25) is 0 Å². The van der Waals surface area contributed by atoms with Crippen molar-refractivity contribution >= 4 is 34.7 Å². The van der Waals surface area contributed by atoms with E-state index < -0.39 is 6.10 Å². The van der Waals surface area contributed by atoms with Gasteiger partial charge in [0, 0.05) is 10.4 Å². The Kier molecular flexibility index (Phi) is 7.59. The SMILES string of the molecule is CCC(C)c1ccccc1CCC(O)c1cccc(/C=C/c2ccc3ccc(Cl)cc3n2)c1. The largest absolute Gasteiger partial charge is 0.388 e. The fourth-order valence-corrected chi connectivity index (χ4v) is 4.34. The molecule has 1 aromatic heterocycles. The van der Waals surface area contributed by atoms with E-state index in [9.17, 15) is 5.11 Å². The van der Waals surface area contributed by atoms with Crippen molar-refractivity contribution < 1.29 is 5.11 Å². The molecule has 2 nitrogen and oxygen atoms in total. The predicted octanol–water partition coefficient (Wildman–Crippen LogP) is 8.24. The van der Waals surface area contributed by atoms with Crippen LogP contribution in [0.25, 0.3) is 23.1 Å². The van der Waals surface area contributed by atoms with Gasteiger partial charge < -0.3 is 5.11 Å². The molecule has 3 heteroatoms. The van der Waals surface area contributed by atoms with Gasteiger partial charge in [-0.15, -0.1) is 0 Å². The topological polar surface area (TPSA) is 33.1 Å². The van der Waals surface area contributed by atoms with Gasteiger partial charge in [0.1, 0.15) is 0 Å². The standard InChI is InChI=1S/C30H30ClNO/c1-3-21(2)28-10-5-4-8-23(28)14-18-30(33)25-9-6-7-22(19-25)11-16-27-17-13-24-12-15-26(31)20-29(24)32-27/h4-13,15-17,19-21,30,33H,3,14,18H2,1-2H3/b16-11+. The van der Waals surface area contributed by atoms with Crippen molar-refractivity contribution in [3.8, 4) is 0 Å². The summed E-state index contributed by atoms with van der Waals surface area (Å²) >= 11 is 6.11. The van der Waals surface area contributed by atoms with Gasteiger partial charge in [0.25, 0.3) is 0 Å². The minimum atomic E-state index is -0.496. The van der Waals surface area contributed by atoms with E-state index in [2.05, 4.69) is 55.2 Å². The highest BCUT2D eigenvalue weighted by atomic mass is 35.5. The minimum Gasteiger partial charge on any atom is -0.388 e. The minimum absolute atomic E-state index is 0.496. The number of aryl methyl sites for hydroxylation is 1. The summed E-state index contributed by atoms with van der Waals surface area (Å²) < 4.78 is 0. The van der Waals surface area contributed by atoms with E-state index in [4.69, 9.17) is 11.6 Å². The van der Waals surface area contributed by atoms with Crippen molar-refractivity contribution in [2.75, 3.05) is 0 Å². The van der Waals surface area contributed by atoms with E-state index in [1.807, 2.05) is 54.6 Å². The smallest absolute Gasteiger partial charge is 0.0793 e. The number of aliphatic hydroxyl groups excluding tert-OH is 1. The summed E-state index contributed by atoms with van der Waals surface area (Å²) in [5, 5.41) is 12.6. The Labute approximate surface area is 201 Å². The molecule has 4 rings (SSSR count). The zero-order valence-corrected chi connectivity index (χ0v) is 20.0. The molecular formula is C30H30ClNO. The molecule has 0 saturated carbocycles. The Morgan fingerprint density at radius 3 is 2.61 bits per heavy atom. The summed E-state index contributed by atoms with van der Waals surface area (Å²) in [6.07, 6.45) is 6.22. The molecular weight excluding hydrogens is 426 g/mol. The highest BCUT2D eigenvalue weighted by molar-refractivity contribution is 6.31. The first-order valence-electron chi connectivity index (χ1n) is 11.6. The molecule has 0 bridgehead atoms. The highest BCUT2D eigenvalue weighted by Crippen LogP contribution is 2.27. The van der Waals surface area contributed by atoms with Crippen LogP contribution in [0.1, 0.15) is 66.7 Å². The molecule has 2 unspecified atom stereocenters. The molecule has 0 spiro atoms. The van der Waals surface area contributed by atoms with Crippen molar-refractivity contribution in [1.29, 1.82) is 0 Å². The number of hydrogen-bond acceptors (Lipinski definition) is 2. The number of pyridine rings is 1. The first kappa shape index (κ1) is 23.2. The molecule has 2 atom stereocenters. The average Bonchev–Trinajstić information content (AvgIpc) is 2.85. The molecule has 0 aliphatic carbocycles. The van der Waals surface area contributed by atoms with Crippen molar-refractivity contribution in [2.24, 2.45) is 0 Å². The van der Waals surface area contributed by atoms with Crippen LogP contribution < -0.4 is 0 Å². The summed E-state index contributed by atoms with van der Waals surface area (Å²) in [6, 6.07) is 26.5. The maximum Gasteiger partial charge on any atom is 0.0793 e. The second-order valence-electron chi connectivity index (χ2n) is 8.64. The quantitative estimate of drug-likeness (QED) is 0.290. The van der Waals surface area contributed by atoms with Gasteiger partial charge in [-0.25, -0.2) is 4.98 Å². The molecule has 0 aliphatic heterocycles. The second kappa shape index (κ2) is 10.8. The summed E-state index contributed by atoms with van der Waals surface area (Å²) in [5.41, 5.74) is 6.47. The molecule has 1 heterocycles. The van der Waals surface area contributed by atoms with Gasteiger partial charge in [-0.2, -0.15) is 0 Å². The van der Waals surface area contributed by atoms with Crippen LogP contribution in [0.4, 0.5) is 0 Å². The van der Waals surface area contributed by atoms with Crippen LogP contribution in [0.3, 0.4) is 0 Å². The number of halogens is 1. The maximum absolute atomic E-state index is 10.9. The lowest BCUT2D eigenvalue weighted by Gasteiger charge is -2.17. The van der Waals surface area contributed by atoms with Crippen LogP contribution >= 0.6 is 11.6 Å². The number of fused-ring (bicyclic) bond motifs is 1. The van der Waals surface area contributed by atoms with Gasteiger partial charge in [-0.1, -0.05) is 86.1 Å². The van der Waals surface area contributed by atoms with Crippen molar-refractivity contribution in [2.45, 2.75) is 45.1 Å². The van der Waals surface area contributed by atoms with Crippen LogP contribution in [-0.4, -0.2) is 10.1 Å². The zero-order chi connectivity index (χ0) is 23.2. The Hall–Kier alpha value is -2.94. The second-order valence-corrected chi connectivity index (χ2v) is 9.08. The zero-order valence-electron chi connectivity index (χ0n) is 19.2. The third-order valence-corrected chi connectivity index (χ3v) is 6.54. The fraction of sp³-hybridized carbons (Fsp3) is 0.233. The maximum atomic E-state index is 10.9. The Morgan fingerprint density at radius 2 is 1.76 bits per heavy atom. The molecule has 1 N–H and O–H groups in total. The molecule has 0 amide bonds. The third-order valence-electron chi connectivity index (χ3n) is 6.30. The molecule has 168 valence electrons. The molecule has 0 radical (unpaired) electrons. The van der Waals surface area contributed by atoms with Crippen LogP contribution in [0.5, 0.6) is 0 Å². The van der Waals surface area contributed by atoms with Gasteiger partial charge in [0.15, 0.2) is 0 Å².